The molecule has 3 nitrogen and oxygen atoms in total. The van der Waals surface area contributed by atoms with Gasteiger partial charge in [0.05, 0.1) is 0 Å². The van der Waals surface area contributed by atoms with E-state index in [-0.39, 0.29) is 41.8 Å². The van der Waals surface area contributed by atoms with Crippen LogP contribution in [-0.4, -0.2) is 11.8 Å². The van der Waals surface area contributed by atoms with Gasteiger partial charge >= 0.3 is 0 Å². The van der Waals surface area contributed by atoms with Gasteiger partial charge in [0, 0.05) is 18.3 Å². The van der Waals surface area contributed by atoms with Crippen molar-refractivity contribution in [1.82, 2.24) is 5.32 Å². The molecule has 1 aliphatic heterocycles. The van der Waals surface area contributed by atoms with Crippen molar-refractivity contribution in [3.05, 3.63) is 35.1 Å². The van der Waals surface area contributed by atoms with Gasteiger partial charge in [-0.05, 0) is 36.1 Å². The van der Waals surface area contributed by atoms with Gasteiger partial charge in [-0.15, -0.1) is 0 Å². The first-order valence-electron chi connectivity index (χ1n) is 6.50. The van der Waals surface area contributed by atoms with Crippen LogP contribution in [0.1, 0.15) is 37.3 Å². The summed E-state index contributed by atoms with van der Waals surface area (Å²) in [7, 11) is 0. The van der Waals surface area contributed by atoms with Gasteiger partial charge in [0.15, 0.2) is 0 Å². The van der Waals surface area contributed by atoms with Crippen LogP contribution in [0.15, 0.2) is 18.2 Å². The van der Waals surface area contributed by atoms with Crippen LogP contribution in [-0.2, 0) is 9.59 Å². The average molecular weight is 263 g/mol. The summed E-state index contributed by atoms with van der Waals surface area (Å²) in [5.74, 6) is -1.30. The normalized spacial score (nSPS) is 23.6. The fraction of sp³-hybridized carbons (Fsp3) is 0.467. The lowest BCUT2D eigenvalue weighted by Crippen LogP contribution is -2.46. The molecule has 2 amide bonds. The minimum Gasteiger partial charge on any atom is -0.296 e. The van der Waals surface area contributed by atoms with Crippen molar-refractivity contribution in [3.8, 4) is 0 Å². The van der Waals surface area contributed by atoms with Crippen LogP contribution in [0.5, 0.6) is 0 Å². The Bertz CT molecular complexity index is 525. The van der Waals surface area contributed by atoms with Gasteiger partial charge < -0.3 is 0 Å². The van der Waals surface area contributed by atoms with Crippen LogP contribution >= 0.6 is 0 Å². The molecule has 4 heteroatoms. The summed E-state index contributed by atoms with van der Waals surface area (Å²) in [4.78, 5) is 23.6. The average Bonchev–Trinajstić information content (AvgIpc) is 2.30. The topological polar surface area (TPSA) is 46.2 Å². The van der Waals surface area contributed by atoms with Crippen molar-refractivity contribution < 1.29 is 14.0 Å². The minimum atomic E-state index is -0.332. The number of carbonyl (C=O) groups is 2. The van der Waals surface area contributed by atoms with Gasteiger partial charge in [0.25, 0.3) is 0 Å². The predicted molar refractivity (Wildman–Crippen MR) is 70.0 cm³/mol. The highest BCUT2D eigenvalue weighted by Crippen LogP contribution is 2.37. The number of rotatable bonds is 2. The molecule has 19 heavy (non-hydrogen) atoms. The molecule has 1 fully saturated rings. The van der Waals surface area contributed by atoms with E-state index in [0.717, 1.165) is 11.1 Å². The van der Waals surface area contributed by atoms with Crippen molar-refractivity contribution >= 4 is 11.8 Å². The lowest BCUT2D eigenvalue weighted by molar-refractivity contribution is -0.138. The number of halogens is 1. The molecule has 1 N–H and O–H groups in total. The van der Waals surface area contributed by atoms with Gasteiger partial charge in [-0.3, -0.25) is 14.9 Å². The molecule has 0 bridgehead atoms. The van der Waals surface area contributed by atoms with E-state index in [1.54, 1.807) is 6.07 Å². The zero-order valence-corrected chi connectivity index (χ0v) is 11.4. The van der Waals surface area contributed by atoms with Gasteiger partial charge in [0.2, 0.25) is 11.8 Å². The number of aryl methyl sites for hydroxylation is 1. The first-order valence-corrected chi connectivity index (χ1v) is 6.50. The first kappa shape index (κ1) is 13.7. The Hall–Kier alpha value is -1.71. The third-order valence-electron chi connectivity index (χ3n) is 3.76. The van der Waals surface area contributed by atoms with E-state index >= 15 is 0 Å². The zero-order chi connectivity index (χ0) is 14.2. The van der Waals surface area contributed by atoms with Crippen LogP contribution in [0.3, 0.4) is 0 Å². The summed E-state index contributed by atoms with van der Waals surface area (Å²) >= 11 is 0. The summed E-state index contributed by atoms with van der Waals surface area (Å²) in [5.41, 5.74) is 1.68. The lowest BCUT2D eigenvalue weighted by Gasteiger charge is -2.33. The summed E-state index contributed by atoms with van der Waals surface area (Å²) in [6.45, 7) is 5.77. The lowest BCUT2D eigenvalue weighted by atomic mass is 9.73. The molecular formula is C15H18FNO2. The molecular weight excluding hydrogens is 245 g/mol. The number of hydrogen-bond acceptors (Lipinski definition) is 2. The van der Waals surface area contributed by atoms with E-state index in [9.17, 15) is 14.0 Å². The zero-order valence-electron chi connectivity index (χ0n) is 11.4. The van der Waals surface area contributed by atoms with E-state index in [1.165, 1.54) is 12.1 Å². The number of amides is 2. The second-order valence-electron chi connectivity index (χ2n) is 5.49. The summed E-state index contributed by atoms with van der Waals surface area (Å²) in [5, 5.41) is 2.37. The number of imide groups is 1. The van der Waals surface area contributed by atoms with Crippen molar-refractivity contribution in [1.29, 1.82) is 0 Å². The molecule has 0 spiro atoms. The third kappa shape index (κ3) is 2.67. The molecule has 0 aromatic heterocycles. The van der Waals surface area contributed by atoms with E-state index in [1.807, 2.05) is 20.8 Å². The number of nitrogens with one attached hydrogen (secondary N) is 1. The van der Waals surface area contributed by atoms with Crippen molar-refractivity contribution in [3.63, 3.8) is 0 Å². The largest absolute Gasteiger partial charge is 0.296 e. The molecule has 0 radical (unpaired) electrons. The maximum Gasteiger partial charge on any atom is 0.230 e. The van der Waals surface area contributed by atoms with Crippen molar-refractivity contribution in [2.24, 2.45) is 11.8 Å². The molecule has 102 valence electrons. The van der Waals surface area contributed by atoms with Crippen LogP contribution in [0, 0.1) is 24.6 Å². The van der Waals surface area contributed by atoms with Gasteiger partial charge in [0.1, 0.15) is 5.82 Å². The van der Waals surface area contributed by atoms with Crippen molar-refractivity contribution in [2.75, 3.05) is 0 Å². The Morgan fingerprint density at radius 2 is 2.00 bits per heavy atom. The SMILES string of the molecule is Cc1ccc(F)cc1C1CC(=O)NC(=O)C1C(C)C. The second kappa shape index (κ2) is 5.11. The first-order chi connectivity index (χ1) is 8.90. The number of hydrogen-bond donors (Lipinski definition) is 1. The molecule has 2 rings (SSSR count). The van der Waals surface area contributed by atoms with E-state index in [2.05, 4.69) is 5.32 Å². The highest BCUT2D eigenvalue weighted by atomic mass is 19.1. The van der Waals surface area contributed by atoms with Gasteiger partial charge in [-0.2, -0.15) is 0 Å². The van der Waals surface area contributed by atoms with E-state index < -0.39 is 0 Å². The van der Waals surface area contributed by atoms with Gasteiger partial charge in [-0.25, -0.2) is 4.39 Å². The van der Waals surface area contributed by atoms with Crippen LogP contribution in [0.25, 0.3) is 0 Å². The monoisotopic (exact) mass is 263 g/mol. The number of benzene rings is 1. The van der Waals surface area contributed by atoms with Crippen LogP contribution in [0.4, 0.5) is 4.39 Å². The molecule has 2 unspecified atom stereocenters. The summed E-state index contributed by atoms with van der Waals surface area (Å²) in [6, 6.07) is 4.54. The van der Waals surface area contributed by atoms with E-state index in [0.29, 0.717) is 0 Å². The highest BCUT2D eigenvalue weighted by Gasteiger charge is 2.39. The Balaban J connectivity index is 2.46. The Morgan fingerprint density at radius 1 is 1.32 bits per heavy atom. The highest BCUT2D eigenvalue weighted by molar-refractivity contribution is 6.00. The van der Waals surface area contributed by atoms with Crippen LogP contribution < -0.4 is 5.32 Å². The minimum absolute atomic E-state index is 0.0979. The predicted octanol–water partition coefficient (Wildman–Crippen LogP) is 2.54. The number of piperidine rings is 1. The molecule has 1 aromatic rings. The number of carbonyl (C=O) groups excluding carboxylic acids is 2. The molecule has 0 aliphatic carbocycles. The fourth-order valence-electron chi connectivity index (χ4n) is 2.86. The molecule has 1 saturated heterocycles. The maximum atomic E-state index is 13.4. The van der Waals surface area contributed by atoms with Crippen LogP contribution in [0.2, 0.25) is 0 Å². The Kier molecular flexibility index (Phi) is 3.69. The maximum absolute atomic E-state index is 13.4. The second-order valence-corrected chi connectivity index (χ2v) is 5.49. The quantitative estimate of drug-likeness (QED) is 0.833. The smallest absolute Gasteiger partial charge is 0.230 e. The fourth-order valence-corrected chi connectivity index (χ4v) is 2.86. The Morgan fingerprint density at radius 3 is 2.63 bits per heavy atom. The molecule has 1 aliphatic rings. The summed E-state index contributed by atoms with van der Waals surface area (Å²) in [6.07, 6.45) is 0.235. The molecule has 1 heterocycles. The standard InChI is InChI=1S/C15H18FNO2/c1-8(2)14-12(7-13(18)17-15(14)19)11-6-10(16)5-4-9(11)3/h4-6,8,12,14H,7H2,1-3H3,(H,17,18,19). The van der Waals surface area contributed by atoms with Gasteiger partial charge in [-0.1, -0.05) is 19.9 Å². The summed E-state index contributed by atoms with van der Waals surface area (Å²) < 4.78 is 13.4. The Labute approximate surface area is 112 Å². The molecule has 0 saturated carbocycles. The van der Waals surface area contributed by atoms with E-state index in [4.69, 9.17) is 0 Å². The molecule has 2 atom stereocenters. The van der Waals surface area contributed by atoms with Crippen molar-refractivity contribution in [2.45, 2.75) is 33.1 Å². The molecule has 1 aromatic carbocycles. The third-order valence-corrected chi connectivity index (χ3v) is 3.76.